The molecule has 1 aromatic carbocycles. The molecule has 0 saturated heterocycles. The van der Waals surface area contributed by atoms with Gasteiger partial charge in [0.15, 0.2) is 5.96 Å². The van der Waals surface area contributed by atoms with Crippen LogP contribution in [0.3, 0.4) is 0 Å². The van der Waals surface area contributed by atoms with Crippen LogP contribution in [0.4, 0.5) is 13.2 Å². The van der Waals surface area contributed by atoms with Crippen LogP contribution in [0.1, 0.15) is 35.4 Å². The summed E-state index contributed by atoms with van der Waals surface area (Å²) in [6, 6.07) is 6.14. The molecule has 1 saturated carbocycles. The zero-order valence-electron chi connectivity index (χ0n) is 16.1. The van der Waals surface area contributed by atoms with Gasteiger partial charge in [-0.25, -0.2) is 4.68 Å². The number of aryl methyl sites for hydroxylation is 2. The minimum absolute atomic E-state index is 0. The lowest BCUT2D eigenvalue weighted by molar-refractivity contribution is -0.138. The number of halogens is 4. The van der Waals surface area contributed by atoms with Crippen molar-refractivity contribution in [3.05, 3.63) is 46.8 Å². The van der Waals surface area contributed by atoms with E-state index in [2.05, 4.69) is 20.7 Å². The number of nitrogens with one attached hydrogen (secondary N) is 2. The Kier molecular flexibility index (Phi) is 7.35. The second-order valence-corrected chi connectivity index (χ2v) is 6.93. The van der Waals surface area contributed by atoms with Crippen LogP contribution < -0.4 is 10.6 Å². The lowest BCUT2D eigenvalue weighted by Gasteiger charge is -2.17. The summed E-state index contributed by atoms with van der Waals surface area (Å²) in [7, 11) is 1.61. The highest BCUT2D eigenvalue weighted by Crippen LogP contribution is 2.33. The summed E-state index contributed by atoms with van der Waals surface area (Å²) in [6.45, 7) is 4.46. The molecule has 0 amide bonds. The van der Waals surface area contributed by atoms with E-state index in [1.54, 1.807) is 13.1 Å². The van der Waals surface area contributed by atoms with Crippen molar-refractivity contribution in [1.29, 1.82) is 0 Å². The van der Waals surface area contributed by atoms with Gasteiger partial charge < -0.3 is 10.6 Å². The molecule has 0 radical (unpaired) electrons. The molecule has 1 aromatic heterocycles. The van der Waals surface area contributed by atoms with Crippen LogP contribution in [0.2, 0.25) is 0 Å². The number of aromatic nitrogens is 2. The molecule has 9 heteroatoms. The highest BCUT2D eigenvalue weighted by Gasteiger charge is 2.34. The first-order valence-electron chi connectivity index (χ1n) is 8.96. The van der Waals surface area contributed by atoms with Gasteiger partial charge in [-0.2, -0.15) is 18.3 Å². The largest absolute Gasteiger partial charge is 0.416 e. The van der Waals surface area contributed by atoms with E-state index in [0.717, 1.165) is 24.0 Å². The smallest absolute Gasteiger partial charge is 0.356 e. The molecule has 0 atom stereocenters. The number of aliphatic imine (C=N–C) groups is 1. The van der Waals surface area contributed by atoms with Gasteiger partial charge in [-0.05, 0) is 56.4 Å². The molecule has 154 valence electrons. The summed E-state index contributed by atoms with van der Waals surface area (Å²) in [5.41, 5.74) is 1.45. The first kappa shape index (κ1) is 22.5. The number of hydrogen-bond acceptors (Lipinski definition) is 2. The molecule has 1 fully saturated rings. The van der Waals surface area contributed by atoms with Gasteiger partial charge in [-0.3, -0.25) is 4.99 Å². The molecule has 3 rings (SSSR count). The zero-order chi connectivity index (χ0) is 19.6. The Balaban J connectivity index is 0.00000280. The summed E-state index contributed by atoms with van der Waals surface area (Å²) in [4.78, 5) is 4.07. The standard InChI is InChI=1S/C19H24F3N5.HI/c1-12-8-13(2)27(26-12)16-7-6-15(17(9-16)19(20,21)22)11-25-18(23-3)24-10-14-4-5-14;/h6-9,14H,4-5,10-11H2,1-3H3,(H2,23,24,25);1H. The molecular formula is C19H25F3IN5. The zero-order valence-corrected chi connectivity index (χ0v) is 18.4. The maximum atomic E-state index is 13.6. The number of guanidine groups is 1. The molecule has 28 heavy (non-hydrogen) atoms. The van der Waals surface area contributed by atoms with Gasteiger partial charge in [0.1, 0.15) is 0 Å². The fourth-order valence-corrected chi connectivity index (χ4v) is 2.97. The molecule has 2 N–H and O–H groups in total. The summed E-state index contributed by atoms with van der Waals surface area (Å²) in [6.07, 6.45) is -2.07. The summed E-state index contributed by atoms with van der Waals surface area (Å²) in [5, 5.41) is 10.4. The first-order valence-corrected chi connectivity index (χ1v) is 8.96. The second-order valence-electron chi connectivity index (χ2n) is 6.93. The Morgan fingerprint density at radius 1 is 1.21 bits per heavy atom. The molecule has 0 aliphatic heterocycles. The number of benzene rings is 1. The third kappa shape index (κ3) is 5.62. The highest BCUT2D eigenvalue weighted by molar-refractivity contribution is 14.0. The summed E-state index contributed by atoms with van der Waals surface area (Å²) in [5.74, 6) is 1.16. The van der Waals surface area contributed by atoms with E-state index in [9.17, 15) is 13.2 Å². The molecule has 0 bridgehead atoms. The Hall–Kier alpha value is -1.78. The first-order chi connectivity index (χ1) is 12.8. The quantitative estimate of drug-likeness (QED) is 0.363. The number of hydrogen-bond donors (Lipinski definition) is 2. The van der Waals surface area contributed by atoms with Crippen LogP contribution in [0, 0.1) is 19.8 Å². The molecule has 1 heterocycles. The fourth-order valence-electron chi connectivity index (χ4n) is 2.97. The predicted molar refractivity (Wildman–Crippen MR) is 114 cm³/mol. The van der Waals surface area contributed by atoms with Gasteiger partial charge >= 0.3 is 6.18 Å². The monoisotopic (exact) mass is 507 g/mol. The number of alkyl halides is 3. The van der Waals surface area contributed by atoms with Gasteiger partial charge in [0.2, 0.25) is 0 Å². The van der Waals surface area contributed by atoms with E-state index in [-0.39, 0.29) is 36.1 Å². The van der Waals surface area contributed by atoms with Crippen molar-refractivity contribution in [3.63, 3.8) is 0 Å². The lowest BCUT2D eigenvalue weighted by atomic mass is 10.1. The van der Waals surface area contributed by atoms with Crippen molar-refractivity contribution in [1.82, 2.24) is 20.4 Å². The van der Waals surface area contributed by atoms with Crippen molar-refractivity contribution in [2.45, 2.75) is 39.4 Å². The Bertz CT molecular complexity index is 841. The van der Waals surface area contributed by atoms with Crippen LogP contribution in [-0.4, -0.2) is 29.3 Å². The second kappa shape index (κ2) is 9.15. The van der Waals surface area contributed by atoms with Gasteiger partial charge in [0.25, 0.3) is 0 Å². The van der Waals surface area contributed by atoms with E-state index in [1.807, 2.05) is 19.9 Å². The van der Waals surface area contributed by atoms with Gasteiger partial charge in [-0.1, -0.05) is 6.07 Å². The molecule has 1 aliphatic rings. The van der Waals surface area contributed by atoms with Crippen LogP contribution in [0.25, 0.3) is 5.69 Å². The van der Waals surface area contributed by atoms with Crippen LogP contribution in [-0.2, 0) is 12.7 Å². The SMILES string of the molecule is CN=C(NCc1ccc(-n2nc(C)cc2C)cc1C(F)(F)F)NCC1CC1.I. The van der Waals surface area contributed by atoms with E-state index in [4.69, 9.17) is 0 Å². The Morgan fingerprint density at radius 3 is 2.46 bits per heavy atom. The predicted octanol–water partition coefficient (Wildman–Crippen LogP) is 4.20. The highest BCUT2D eigenvalue weighted by atomic mass is 127. The van der Waals surface area contributed by atoms with E-state index in [1.165, 1.54) is 23.6 Å². The maximum absolute atomic E-state index is 13.6. The van der Waals surface area contributed by atoms with Crippen LogP contribution in [0.5, 0.6) is 0 Å². The minimum Gasteiger partial charge on any atom is -0.356 e. The molecule has 5 nitrogen and oxygen atoms in total. The van der Waals surface area contributed by atoms with E-state index >= 15 is 0 Å². The Labute approximate surface area is 179 Å². The normalized spacial score (nSPS) is 14.6. The third-order valence-corrected chi connectivity index (χ3v) is 4.58. The maximum Gasteiger partial charge on any atom is 0.416 e. The molecule has 1 aliphatic carbocycles. The van der Waals surface area contributed by atoms with Gasteiger partial charge in [0, 0.05) is 25.8 Å². The number of rotatable bonds is 5. The number of nitrogens with zero attached hydrogens (tertiary/aromatic N) is 3. The van der Waals surface area contributed by atoms with Crippen molar-refractivity contribution >= 4 is 29.9 Å². The third-order valence-electron chi connectivity index (χ3n) is 4.58. The van der Waals surface area contributed by atoms with Crippen LogP contribution >= 0.6 is 24.0 Å². The fraction of sp³-hybridized carbons (Fsp3) is 0.474. The van der Waals surface area contributed by atoms with Gasteiger partial charge in [-0.15, -0.1) is 24.0 Å². The topological polar surface area (TPSA) is 54.2 Å². The van der Waals surface area contributed by atoms with E-state index < -0.39 is 11.7 Å². The Morgan fingerprint density at radius 2 is 1.93 bits per heavy atom. The van der Waals surface area contributed by atoms with Crippen molar-refractivity contribution in [3.8, 4) is 5.69 Å². The average molecular weight is 507 g/mol. The lowest BCUT2D eigenvalue weighted by Crippen LogP contribution is -2.38. The van der Waals surface area contributed by atoms with Crippen molar-refractivity contribution < 1.29 is 13.2 Å². The minimum atomic E-state index is -4.45. The molecule has 2 aromatic rings. The van der Waals surface area contributed by atoms with Gasteiger partial charge in [0.05, 0.1) is 16.9 Å². The summed E-state index contributed by atoms with van der Waals surface area (Å²) >= 11 is 0. The average Bonchev–Trinajstić information content (AvgIpc) is 3.37. The molecule has 0 unspecified atom stereocenters. The van der Waals surface area contributed by atoms with Crippen LogP contribution in [0.15, 0.2) is 29.3 Å². The molecule has 0 spiro atoms. The van der Waals surface area contributed by atoms with Crippen molar-refractivity contribution in [2.75, 3.05) is 13.6 Å². The van der Waals surface area contributed by atoms with E-state index in [0.29, 0.717) is 17.6 Å². The van der Waals surface area contributed by atoms with Crippen molar-refractivity contribution in [2.24, 2.45) is 10.9 Å². The summed E-state index contributed by atoms with van der Waals surface area (Å²) < 4.78 is 42.4. The molecular weight excluding hydrogens is 482 g/mol.